The minimum absolute atomic E-state index is 0.364. The fraction of sp³-hybridized carbons (Fsp3) is 0.647. The first kappa shape index (κ1) is 16.5. The van der Waals surface area contributed by atoms with E-state index in [0.29, 0.717) is 12.0 Å². The molecule has 1 N–H and O–H groups in total. The van der Waals surface area contributed by atoms with Gasteiger partial charge in [0.1, 0.15) is 0 Å². The molecule has 0 amide bonds. The van der Waals surface area contributed by atoms with Crippen molar-refractivity contribution >= 4 is 11.6 Å². The molecule has 2 atom stereocenters. The summed E-state index contributed by atoms with van der Waals surface area (Å²) >= 11 is 6.47. The van der Waals surface area contributed by atoms with Gasteiger partial charge in [-0.05, 0) is 56.0 Å². The van der Waals surface area contributed by atoms with E-state index in [0.717, 1.165) is 5.02 Å². The number of nitrogens with one attached hydrogen (secondary N) is 1. The molecule has 0 bridgehead atoms. The van der Waals surface area contributed by atoms with Crippen LogP contribution in [-0.4, -0.2) is 7.05 Å². The van der Waals surface area contributed by atoms with Gasteiger partial charge in [-0.2, -0.15) is 0 Å². The van der Waals surface area contributed by atoms with Crippen LogP contribution in [0.15, 0.2) is 12.1 Å². The van der Waals surface area contributed by atoms with Crippen LogP contribution in [0.2, 0.25) is 5.02 Å². The molecule has 0 aliphatic heterocycles. The maximum Gasteiger partial charge on any atom is 0.0456 e. The molecule has 1 nitrogen and oxygen atoms in total. The Kier molecular flexibility index (Phi) is 6.88. The molecule has 1 aromatic rings. The number of halogens is 1. The summed E-state index contributed by atoms with van der Waals surface area (Å²) in [6.07, 6.45) is 5.00. The first-order valence-electron chi connectivity index (χ1n) is 7.49. The first-order valence-corrected chi connectivity index (χ1v) is 7.86. The Morgan fingerprint density at radius 1 is 1.16 bits per heavy atom. The highest BCUT2D eigenvalue weighted by Gasteiger charge is 2.22. The van der Waals surface area contributed by atoms with Crippen LogP contribution < -0.4 is 5.32 Å². The van der Waals surface area contributed by atoms with E-state index in [9.17, 15) is 0 Å². The SMILES string of the molecule is CCCCC(CC)C(NC)c1cc(C)c(C)cc1Cl. The molecule has 2 unspecified atom stereocenters. The lowest BCUT2D eigenvalue weighted by atomic mass is 9.86. The van der Waals surface area contributed by atoms with Gasteiger partial charge in [-0.3, -0.25) is 0 Å². The summed E-state index contributed by atoms with van der Waals surface area (Å²) in [4.78, 5) is 0. The Bertz CT molecular complexity index is 400. The maximum absolute atomic E-state index is 6.47. The first-order chi connectivity index (χ1) is 9.04. The molecular weight excluding hydrogens is 254 g/mol. The fourth-order valence-corrected chi connectivity index (χ4v) is 3.10. The number of rotatable bonds is 7. The predicted molar refractivity (Wildman–Crippen MR) is 86.0 cm³/mol. The lowest BCUT2D eigenvalue weighted by Crippen LogP contribution is -2.25. The molecule has 0 aliphatic rings. The number of benzene rings is 1. The largest absolute Gasteiger partial charge is 0.313 e. The van der Waals surface area contributed by atoms with Gasteiger partial charge >= 0.3 is 0 Å². The zero-order chi connectivity index (χ0) is 14.4. The lowest BCUT2D eigenvalue weighted by molar-refractivity contribution is 0.339. The van der Waals surface area contributed by atoms with Crippen molar-refractivity contribution in [2.45, 2.75) is 59.4 Å². The molecule has 0 saturated heterocycles. The highest BCUT2D eigenvalue weighted by atomic mass is 35.5. The molecule has 0 saturated carbocycles. The van der Waals surface area contributed by atoms with Gasteiger partial charge in [0.15, 0.2) is 0 Å². The molecule has 0 aromatic heterocycles. The third-order valence-electron chi connectivity index (χ3n) is 4.18. The van der Waals surface area contributed by atoms with Crippen LogP contribution in [0, 0.1) is 19.8 Å². The Balaban J connectivity index is 3.04. The molecule has 0 heterocycles. The van der Waals surface area contributed by atoms with Gasteiger partial charge in [0.05, 0.1) is 0 Å². The van der Waals surface area contributed by atoms with Gasteiger partial charge in [-0.1, -0.05) is 50.8 Å². The van der Waals surface area contributed by atoms with E-state index in [2.05, 4.69) is 45.1 Å². The van der Waals surface area contributed by atoms with Crippen LogP contribution in [0.3, 0.4) is 0 Å². The Morgan fingerprint density at radius 2 is 1.79 bits per heavy atom. The lowest BCUT2D eigenvalue weighted by Gasteiger charge is -2.28. The van der Waals surface area contributed by atoms with Crippen LogP contribution in [-0.2, 0) is 0 Å². The predicted octanol–water partition coefficient (Wildman–Crippen LogP) is 5.43. The monoisotopic (exact) mass is 281 g/mol. The summed E-state index contributed by atoms with van der Waals surface area (Å²) in [5.74, 6) is 0.657. The van der Waals surface area contributed by atoms with Gasteiger partial charge in [0, 0.05) is 11.1 Å². The van der Waals surface area contributed by atoms with E-state index in [4.69, 9.17) is 11.6 Å². The maximum atomic E-state index is 6.47. The summed E-state index contributed by atoms with van der Waals surface area (Å²) in [5, 5.41) is 4.38. The minimum Gasteiger partial charge on any atom is -0.313 e. The quantitative estimate of drug-likeness (QED) is 0.702. The Morgan fingerprint density at radius 3 is 2.32 bits per heavy atom. The average Bonchev–Trinajstić information content (AvgIpc) is 2.39. The third-order valence-corrected chi connectivity index (χ3v) is 4.51. The fourth-order valence-electron chi connectivity index (χ4n) is 2.76. The van der Waals surface area contributed by atoms with E-state index in [1.807, 2.05) is 7.05 Å². The van der Waals surface area contributed by atoms with Crippen molar-refractivity contribution in [3.05, 3.63) is 33.8 Å². The highest BCUT2D eigenvalue weighted by Crippen LogP contribution is 2.34. The molecule has 1 aromatic carbocycles. The number of aryl methyl sites for hydroxylation is 2. The van der Waals surface area contributed by atoms with Gasteiger partial charge in [0.25, 0.3) is 0 Å². The van der Waals surface area contributed by atoms with Crippen LogP contribution >= 0.6 is 11.6 Å². The van der Waals surface area contributed by atoms with Crippen molar-refractivity contribution in [1.82, 2.24) is 5.32 Å². The van der Waals surface area contributed by atoms with Crippen LogP contribution in [0.1, 0.15) is 62.3 Å². The number of hydrogen-bond donors (Lipinski definition) is 1. The molecule has 0 spiro atoms. The van der Waals surface area contributed by atoms with Crippen molar-refractivity contribution < 1.29 is 0 Å². The van der Waals surface area contributed by atoms with E-state index < -0.39 is 0 Å². The highest BCUT2D eigenvalue weighted by molar-refractivity contribution is 6.31. The molecule has 0 radical (unpaired) electrons. The summed E-state index contributed by atoms with van der Waals surface area (Å²) < 4.78 is 0. The second-order valence-corrected chi connectivity index (χ2v) is 5.94. The molecule has 19 heavy (non-hydrogen) atoms. The van der Waals surface area contributed by atoms with E-state index in [-0.39, 0.29) is 0 Å². The van der Waals surface area contributed by atoms with Gasteiger partial charge in [-0.15, -0.1) is 0 Å². The van der Waals surface area contributed by atoms with E-state index in [1.165, 1.54) is 42.4 Å². The number of unbranched alkanes of at least 4 members (excludes halogenated alkanes) is 1. The summed E-state index contributed by atoms with van der Waals surface area (Å²) in [6, 6.07) is 4.72. The third kappa shape index (κ3) is 4.22. The molecule has 0 aliphatic carbocycles. The smallest absolute Gasteiger partial charge is 0.0456 e. The zero-order valence-corrected chi connectivity index (χ0v) is 13.8. The Hall–Kier alpha value is -0.530. The van der Waals surface area contributed by atoms with E-state index >= 15 is 0 Å². The van der Waals surface area contributed by atoms with E-state index in [1.54, 1.807) is 0 Å². The van der Waals surface area contributed by atoms with Gasteiger partial charge in [-0.25, -0.2) is 0 Å². The van der Waals surface area contributed by atoms with Gasteiger partial charge < -0.3 is 5.32 Å². The van der Waals surface area contributed by atoms with Gasteiger partial charge in [0.2, 0.25) is 0 Å². The molecule has 1 rings (SSSR count). The van der Waals surface area contributed by atoms with Crippen molar-refractivity contribution in [2.75, 3.05) is 7.05 Å². The van der Waals surface area contributed by atoms with Crippen LogP contribution in [0.4, 0.5) is 0 Å². The molecule has 108 valence electrons. The second-order valence-electron chi connectivity index (χ2n) is 5.53. The van der Waals surface area contributed by atoms with Crippen LogP contribution in [0.25, 0.3) is 0 Å². The van der Waals surface area contributed by atoms with Crippen molar-refractivity contribution in [1.29, 1.82) is 0 Å². The molecule has 0 fully saturated rings. The topological polar surface area (TPSA) is 12.0 Å². The summed E-state index contributed by atoms with van der Waals surface area (Å²) in [6.45, 7) is 8.81. The molecular formula is C17H28ClN. The van der Waals surface area contributed by atoms with Crippen molar-refractivity contribution in [3.8, 4) is 0 Å². The summed E-state index contributed by atoms with van der Waals surface area (Å²) in [7, 11) is 2.05. The average molecular weight is 282 g/mol. The normalized spacial score (nSPS) is 14.4. The Labute approximate surface area is 123 Å². The van der Waals surface area contributed by atoms with Crippen LogP contribution in [0.5, 0.6) is 0 Å². The number of hydrogen-bond acceptors (Lipinski definition) is 1. The van der Waals surface area contributed by atoms with Crippen molar-refractivity contribution in [2.24, 2.45) is 5.92 Å². The minimum atomic E-state index is 0.364. The zero-order valence-electron chi connectivity index (χ0n) is 13.0. The van der Waals surface area contributed by atoms with Crippen molar-refractivity contribution in [3.63, 3.8) is 0 Å². The standard InChI is InChI=1S/C17H28ClN/c1-6-8-9-14(7-2)17(19-5)15-10-12(3)13(4)11-16(15)18/h10-11,14,17,19H,6-9H2,1-5H3. The molecule has 2 heteroatoms. The second kappa shape index (κ2) is 7.91. The summed E-state index contributed by atoms with van der Waals surface area (Å²) in [5.41, 5.74) is 3.85.